The molecule has 36 heavy (non-hydrogen) atoms. The number of aryl methyl sites for hydroxylation is 1. The van der Waals surface area contributed by atoms with Crippen LogP contribution in [0.2, 0.25) is 0 Å². The Balaban J connectivity index is 1.78. The molecular weight excluding hydrogens is 462 g/mol. The van der Waals surface area contributed by atoms with Crippen LogP contribution in [0.1, 0.15) is 31.4 Å². The van der Waals surface area contributed by atoms with Crippen LogP contribution in [0.4, 0.5) is 0 Å². The number of ether oxygens (including phenoxy) is 2. The highest BCUT2D eigenvalue weighted by atomic mass is 16.6. The van der Waals surface area contributed by atoms with Crippen LogP contribution in [0.25, 0.3) is 0 Å². The zero-order chi connectivity index (χ0) is 26.3. The summed E-state index contributed by atoms with van der Waals surface area (Å²) < 4.78 is 10.5. The highest BCUT2D eigenvalue weighted by molar-refractivity contribution is 5.98. The highest BCUT2D eigenvalue weighted by Crippen LogP contribution is 2.29. The third-order valence-corrected chi connectivity index (χ3v) is 6.35. The Kier molecular flexibility index (Phi) is 9.19. The fourth-order valence-corrected chi connectivity index (χ4v) is 3.81. The maximum absolute atomic E-state index is 13.4. The molecule has 2 amide bonds. The Morgan fingerprint density at radius 1 is 1.03 bits per heavy atom. The van der Waals surface area contributed by atoms with Crippen molar-refractivity contribution in [2.24, 2.45) is 5.73 Å². The van der Waals surface area contributed by atoms with Gasteiger partial charge in [0.15, 0.2) is 5.78 Å². The number of ketones is 1. The number of hydrogen-bond donors (Lipinski definition) is 4. The van der Waals surface area contributed by atoms with Gasteiger partial charge in [-0.05, 0) is 49.9 Å². The number of aliphatic hydroxyl groups is 1. The van der Waals surface area contributed by atoms with Crippen LogP contribution in [-0.4, -0.2) is 66.3 Å². The lowest BCUT2D eigenvalue weighted by molar-refractivity contribution is -0.133. The molecule has 0 aliphatic carbocycles. The van der Waals surface area contributed by atoms with Gasteiger partial charge in [0, 0.05) is 6.42 Å². The number of Topliss-reactive ketones (excluding diaryl/α,β-unsaturated/α-hetero) is 1. The van der Waals surface area contributed by atoms with Crippen LogP contribution in [0.3, 0.4) is 0 Å². The number of epoxide rings is 1. The van der Waals surface area contributed by atoms with E-state index in [2.05, 4.69) is 10.6 Å². The highest BCUT2D eigenvalue weighted by Gasteiger charge is 2.50. The molecule has 9 nitrogen and oxygen atoms in total. The molecule has 1 heterocycles. The fourth-order valence-electron chi connectivity index (χ4n) is 3.81. The van der Waals surface area contributed by atoms with E-state index in [1.807, 2.05) is 30.3 Å². The van der Waals surface area contributed by atoms with E-state index in [0.29, 0.717) is 25.2 Å². The quantitative estimate of drug-likeness (QED) is 0.301. The Labute approximate surface area is 211 Å². The van der Waals surface area contributed by atoms with Crippen molar-refractivity contribution in [3.05, 3.63) is 65.7 Å². The number of methoxy groups -OCH3 is 1. The van der Waals surface area contributed by atoms with Gasteiger partial charge in [-0.3, -0.25) is 14.4 Å². The Bertz CT molecular complexity index is 1040. The zero-order valence-electron chi connectivity index (χ0n) is 20.9. The van der Waals surface area contributed by atoms with E-state index < -0.39 is 41.6 Å². The first-order valence-electron chi connectivity index (χ1n) is 12.0. The van der Waals surface area contributed by atoms with Gasteiger partial charge in [0.2, 0.25) is 11.8 Å². The van der Waals surface area contributed by atoms with Crippen molar-refractivity contribution in [2.45, 2.75) is 62.9 Å². The third kappa shape index (κ3) is 7.36. The number of hydrogen-bond acceptors (Lipinski definition) is 7. The smallest absolute Gasteiger partial charge is 0.243 e. The number of amides is 2. The average molecular weight is 498 g/mol. The van der Waals surface area contributed by atoms with Crippen molar-refractivity contribution >= 4 is 17.6 Å². The molecule has 5 atom stereocenters. The molecule has 1 aliphatic heterocycles. The number of carbonyl (C=O) groups excluding carboxylic acids is 3. The van der Waals surface area contributed by atoms with Crippen LogP contribution in [0, 0.1) is 0 Å². The molecule has 2 aromatic carbocycles. The summed E-state index contributed by atoms with van der Waals surface area (Å²) in [5, 5.41) is 15.2. The largest absolute Gasteiger partial charge is 0.497 e. The number of nitrogens with two attached hydrogens (primary N) is 1. The van der Waals surface area contributed by atoms with Crippen LogP contribution >= 0.6 is 0 Å². The lowest BCUT2D eigenvalue weighted by Crippen LogP contribution is -2.57. The van der Waals surface area contributed by atoms with E-state index in [4.69, 9.17) is 15.2 Å². The molecule has 1 aliphatic rings. The lowest BCUT2D eigenvalue weighted by Gasteiger charge is -2.25. The van der Waals surface area contributed by atoms with Crippen molar-refractivity contribution in [3.8, 4) is 5.75 Å². The van der Waals surface area contributed by atoms with Gasteiger partial charge in [-0.1, -0.05) is 42.5 Å². The molecule has 5 N–H and O–H groups in total. The number of benzene rings is 2. The first-order valence-corrected chi connectivity index (χ1v) is 12.0. The van der Waals surface area contributed by atoms with Gasteiger partial charge in [-0.25, -0.2) is 0 Å². The van der Waals surface area contributed by atoms with E-state index in [0.717, 1.165) is 11.1 Å². The summed E-state index contributed by atoms with van der Waals surface area (Å²) in [6.07, 6.45) is 0.0170. The van der Waals surface area contributed by atoms with Gasteiger partial charge in [-0.2, -0.15) is 0 Å². The van der Waals surface area contributed by atoms with Crippen LogP contribution in [0.15, 0.2) is 54.6 Å². The molecule has 1 fully saturated rings. The number of aliphatic hydroxyl groups excluding tert-OH is 1. The second kappa shape index (κ2) is 12.1. The van der Waals surface area contributed by atoms with E-state index in [1.54, 1.807) is 38.3 Å². The van der Waals surface area contributed by atoms with Gasteiger partial charge < -0.3 is 30.9 Å². The molecule has 9 heteroatoms. The van der Waals surface area contributed by atoms with E-state index >= 15 is 0 Å². The monoisotopic (exact) mass is 497 g/mol. The van der Waals surface area contributed by atoms with Gasteiger partial charge in [0.1, 0.15) is 23.4 Å². The first-order chi connectivity index (χ1) is 17.1. The van der Waals surface area contributed by atoms with Crippen molar-refractivity contribution in [1.29, 1.82) is 0 Å². The normalized spacial score (nSPS) is 19.9. The van der Waals surface area contributed by atoms with Gasteiger partial charge in [0.05, 0.1) is 25.9 Å². The second-order valence-corrected chi connectivity index (χ2v) is 9.35. The number of carbonyl (C=O) groups is 3. The predicted octanol–water partition coefficient (Wildman–Crippen LogP) is 0.906. The Hall–Kier alpha value is -3.27. The van der Waals surface area contributed by atoms with Crippen molar-refractivity contribution in [2.75, 3.05) is 13.7 Å². The standard InChI is InChI=1S/C27H35N3O6/c1-17(31)23(28)26(34)30-22(15-19-9-12-20(35-3)13-10-19)25(33)29-21(24(32)27(2)16-36-27)14-11-18-7-5-4-6-8-18/h4-10,12-13,17,21-23,31H,11,14-16,28H2,1-3H3,(H,29,33)(H,30,34)/t17-,21-,22-,23-,27+/m0/s1. The molecule has 0 radical (unpaired) electrons. The molecule has 0 aromatic heterocycles. The fraction of sp³-hybridized carbons (Fsp3) is 0.444. The summed E-state index contributed by atoms with van der Waals surface area (Å²) in [5.41, 5.74) is 6.68. The van der Waals surface area contributed by atoms with Gasteiger partial charge >= 0.3 is 0 Å². The Morgan fingerprint density at radius 3 is 2.19 bits per heavy atom. The molecule has 0 bridgehead atoms. The summed E-state index contributed by atoms with van der Waals surface area (Å²) in [6.45, 7) is 3.41. The number of nitrogens with one attached hydrogen (secondary N) is 2. The predicted molar refractivity (Wildman–Crippen MR) is 134 cm³/mol. The minimum absolute atomic E-state index is 0.154. The van der Waals surface area contributed by atoms with Crippen molar-refractivity contribution < 1.29 is 29.0 Å². The molecule has 3 rings (SSSR count). The number of rotatable bonds is 13. The molecule has 2 aromatic rings. The van der Waals surface area contributed by atoms with Crippen LogP contribution in [0.5, 0.6) is 5.75 Å². The topological polar surface area (TPSA) is 143 Å². The molecule has 1 saturated heterocycles. The molecule has 0 spiro atoms. The van der Waals surface area contributed by atoms with E-state index in [-0.39, 0.29) is 12.2 Å². The van der Waals surface area contributed by atoms with Crippen molar-refractivity contribution in [1.82, 2.24) is 10.6 Å². The molecule has 0 saturated carbocycles. The third-order valence-electron chi connectivity index (χ3n) is 6.35. The lowest BCUT2D eigenvalue weighted by atomic mass is 9.94. The average Bonchev–Trinajstić information content (AvgIpc) is 3.64. The van der Waals surface area contributed by atoms with Crippen LogP contribution in [-0.2, 0) is 32.0 Å². The van der Waals surface area contributed by atoms with E-state index in [9.17, 15) is 19.5 Å². The second-order valence-electron chi connectivity index (χ2n) is 9.35. The summed E-state index contributed by atoms with van der Waals surface area (Å²) in [7, 11) is 1.56. The maximum atomic E-state index is 13.4. The Morgan fingerprint density at radius 2 is 1.64 bits per heavy atom. The van der Waals surface area contributed by atoms with Gasteiger partial charge in [0.25, 0.3) is 0 Å². The minimum atomic E-state index is -1.20. The van der Waals surface area contributed by atoms with Gasteiger partial charge in [-0.15, -0.1) is 0 Å². The van der Waals surface area contributed by atoms with Crippen molar-refractivity contribution in [3.63, 3.8) is 0 Å². The first kappa shape index (κ1) is 27.3. The summed E-state index contributed by atoms with van der Waals surface area (Å²) in [5.74, 6) is -0.734. The summed E-state index contributed by atoms with van der Waals surface area (Å²) in [6, 6.07) is 13.7. The van der Waals surface area contributed by atoms with Crippen LogP contribution < -0.4 is 21.1 Å². The zero-order valence-corrected chi connectivity index (χ0v) is 20.9. The molecular formula is C27H35N3O6. The summed E-state index contributed by atoms with van der Waals surface area (Å²) >= 11 is 0. The summed E-state index contributed by atoms with van der Waals surface area (Å²) in [4.78, 5) is 39.2. The molecule has 194 valence electrons. The maximum Gasteiger partial charge on any atom is 0.243 e. The molecule has 0 unspecified atom stereocenters. The van der Waals surface area contributed by atoms with E-state index in [1.165, 1.54) is 6.92 Å². The minimum Gasteiger partial charge on any atom is -0.497 e. The SMILES string of the molecule is COc1ccc(C[C@H](NC(=O)[C@@H](N)[C@H](C)O)C(=O)N[C@@H](CCc2ccccc2)C(=O)[C@@]2(C)CO2)cc1.